The summed E-state index contributed by atoms with van der Waals surface area (Å²) in [6, 6.07) is 21.7. The Bertz CT molecular complexity index is 1300. The van der Waals surface area contributed by atoms with Crippen molar-refractivity contribution in [3.8, 4) is 5.75 Å². The fourth-order valence-electron chi connectivity index (χ4n) is 4.18. The van der Waals surface area contributed by atoms with Crippen LogP contribution in [0.4, 0.5) is 10.5 Å². The van der Waals surface area contributed by atoms with Gasteiger partial charge in [-0.15, -0.1) is 0 Å². The normalized spacial score (nSPS) is 15.2. The zero-order valence-corrected chi connectivity index (χ0v) is 20.5. The van der Waals surface area contributed by atoms with Gasteiger partial charge in [-0.2, -0.15) is 0 Å². The standard InChI is InChI=1S/C28H27N3O6/c1-19-25(27(32)37-18-21-10-14-24(36-2)15-11-21)26(22-6-4-3-5-7-22)29-28(33)30(19)17-16-20-8-12-23(13-9-20)31(34)35/h3-15,26H,16-18H2,1-2H3,(H,29,33). The van der Waals surface area contributed by atoms with Crippen molar-refractivity contribution in [3.63, 3.8) is 0 Å². The molecule has 190 valence electrons. The van der Waals surface area contributed by atoms with Crippen LogP contribution in [-0.4, -0.2) is 35.5 Å². The second-order valence-electron chi connectivity index (χ2n) is 8.54. The molecular formula is C28H27N3O6. The Labute approximate surface area is 214 Å². The number of nitrogens with one attached hydrogen (secondary N) is 1. The summed E-state index contributed by atoms with van der Waals surface area (Å²) in [4.78, 5) is 38.4. The molecule has 1 aliphatic rings. The number of methoxy groups -OCH3 is 1. The Hall–Kier alpha value is -4.66. The van der Waals surface area contributed by atoms with Crippen LogP contribution in [0.15, 0.2) is 90.1 Å². The van der Waals surface area contributed by atoms with Crippen LogP contribution in [0.2, 0.25) is 0 Å². The number of allylic oxidation sites excluding steroid dienone is 1. The van der Waals surface area contributed by atoms with Gasteiger partial charge in [-0.05, 0) is 42.2 Å². The van der Waals surface area contributed by atoms with Crippen LogP contribution >= 0.6 is 0 Å². The topological polar surface area (TPSA) is 111 Å². The number of nitro groups is 1. The summed E-state index contributed by atoms with van der Waals surface area (Å²) in [5.41, 5.74) is 3.26. The Morgan fingerprint density at radius 1 is 1.00 bits per heavy atom. The molecule has 9 nitrogen and oxygen atoms in total. The van der Waals surface area contributed by atoms with E-state index in [4.69, 9.17) is 9.47 Å². The second kappa shape index (κ2) is 11.4. The van der Waals surface area contributed by atoms with Gasteiger partial charge in [0.05, 0.1) is 23.6 Å². The summed E-state index contributed by atoms with van der Waals surface area (Å²) in [6.07, 6.45) is 0.451. The van der Waals surface area contributed by atoms with Gasteiger partial charge in [0.25, 0.3) is 5.69 Å². The molecule has 3 aromatic rings. The number of nitrogens with zero attached hydrogens (tertiary/aromatic N) is 2. The molecule has 0 aliphatic carbocycles. The monoisotopic (exact) mass is 501 g/mol. The van der Waals surface area contributed by atoms with Gasteiger partial charge in [0.1, 0.15) is 12.4 Å². The van der Waals surface area contributed by atoms with E-state index in [0.29, 0.717) is 23.4 Å². The Morgan fingerprint density at radius 3 is 2.27 bits per heavy atom. The first-order valence-electron chi connectivity index (χ1n) is 11.7. The van der Waals surface area contributed by atoms with Crippen molar-refractivity contribution in [3.05, 3.63) is 117 Å². The summed E-state index contributed by atoms with van der Waals surface area (Å²) < 4.78 is 10.8. The molecule has 1 atom stereocenters. The highest BCUT2D eigenvalue weighted by atomic mass is 16.6. The van der Waals surface area contributed by atoms with E-state index < -0.39 is 16.9 Å². The third kappa shape index (κ3) is 5.95. The highest BCUT2D eigenvalue weighted by Gasteiger charge is 2.36. The van der Waals surface area contributed by atoms with Gasteiger partial charge < -0.3 is 14.8 Å². The molecule has 1 N–H and O–H groups in total. The molecule has 0 spiro atoms. The van der Waals surface area contributed by atoms with Gasteiger partial charge in [0.2, 0.25) is 0 Å². The van der Waals surface area contributed by atoms with E-state index in [0.717, 1.165) is 16.7 Å². The molecule has 37 heavy (non-hydrogen) atoms. The Morgan fingerprint density at radius 2 is 1.65 bits per heavy atom. The lowest BCUT2D eigenvalue weighted by atomic mass is 9.94. The van der Waals surface area contributed by atoms with Crippen molar-refractivity contribution < 1.29 is 24.0 Å². The number of hydrogen-bond acceptors (Lipinski definition) is 6. The maximum atomic E-state index is 13.4. The first-order valence-corrected chi connectivity index (χ1v) is 11.7. The number of non-ortho nitro benzene ring substituents is 1. The highest BCUT2D eigenvalue weighted by molar-refractivity contribution is 5.95. The summed E-state index contributed by atoms with van der Waals surface area (Å²) in [6.45, 7) is 2.08. The number of rotatable bonds is 9. The number of carbonyl (C=O) groups is 2. The average Bonchev–Trinajstić information content (AvgIpc) is 2.92. The third-order valence-electron chi connectivity index (χ3n) is 6.25. The molecule has 0 saturated heterocycles. The van der Waals surface area contributed by atoms with Crippen LogP contribution in [-0.2, 0) is 22.6 Å². The molecule has 4 rings (SSSR count). The average molecular weight is 502 g/mol. The summed E-state index contributed by atoms with van der Waals surface area (Å²) >= 11 is 0. The largest absolute Gasteiger partial charge is 0.497 e. The lowest BCUT2D eigenvalue weighted by molar-refractivity contribution is -0.384. The molecule has 0 fully saturated rings. The summed E-state index contributed by atoms with van der Waals surface area (Å²) in [5, 5.41) is 13.9. The van der Waals surface area contributed by atoms with Crippen LogP contribution in [0.25, 0.3) is 0 Å². The zero-order valence-electron chi connectivity index (χ0n) is 20.5. The fourth-order valence-corrected chi connectivity index (χ4v) is 4.18. The van der Waals surface area contributed by atoms with E-state index in [1.807, 2.05) is 42.5 Å². The van der Waals surface area contributed by atoms with E-state index >= 15 is 0 Å². The maximum Gasteiger partial charge on any atom is 0.338 e. The van der Waals surface area contributed by atoms with Crippen molar-refractivity contribution in [1.82, 2.24) is 10.2 Å². The fraction of sp³-hybridized carbons (Fsp3) is 0.214. The van der Waals surface area contributed by atoms with Gasteiger partial charge >= 0.3 is 12.0 Å². The van der Waals surface area contributed by atoms with Crippen molar-refractivity contribution in [2.24, 2.45) is 0 Å². The minimum absolute atomic E-state index is 0.00290. The van der Waals surface area contributed by atoms with Crippen LogP contribution in [0.5, 0.6) is 5.75 Å². The minimum atomic E-state index is -0.660. The second-order valence-corrected chi connectivity index (χ2v) is 8.54. The molecule has 3 aromatic carbocycles. The SMILES string of the molecule is COc1ccc(COC(=O)C2=C(C)N(CCc3ccc([N+](=O)[O-])cc3)C(=O)NC2c2ccccc2)cc1. The first kappa shape index (κ1) is 25.4. The molecule has 0 saturated carbocycles. The third-order valence-corrected chi connectivity index (χ3v) is 6.25. The van der Waals surface area contributed by atoms with Crippen molar-refractivity contribution in [1.29, 1.82) is 0 Å². The summed E-state index contributed by atoms with van der Waals surface area (Å²) in [5.74, 6) is 0.180. The molecule has 1 heterocycles. The lowest BCUT2D eigenvalue weighted by Gasteiger charge is -2.35. The van der Waals surface area contributed by atoms with Gasteiger partial charge in [-0.1, -0.05) is 54.6 Å². The number of ether oxygens (including phenoxy) is 2. The van der Waals surface area contributed by atoms with E-state index in [9.17, 15) is 19.7 Å². The number of amides is 2. The van der Waals surface area contributed by atoms with E-state index in [-0.39, 0.29) is 24.9 Å². The smallest absolute Gasteiger partial charge is 0.338 e. The van der Waals surface area contributed by atoms with Gasteiger partial charge in [-0.3, -0.25) is 15.0 Å². The molecule has 0 radical (unpaired) electrons. The maximum absolute atomic E-state index is 13.4. The van der Waals surface area contributed by atoms with Crippen LogP contribution in [0.1, 0.15) is 29.7 Å². The van der Waals surface area contributed by atoms with Crippen LogP contribution in [0.3, 0.4) is 0 Å². The molecule has 1 unspecified atom stereocenters. The number of hydrogen-bond donors (Lipinski definition) is 1. The molecule has 1 aliphatic heterocycles. The van der Waals surface area contributed by atoms with Crippen molar-refractivity contribution in [2.45, 2.75) is 26.0 Å². The quantitative estimate of drug-likeness (QED) is 0.253. The van der Waals surface area contributed by atoms with Gasteiger partial charge in [-0.25, -0.2) is 9.59 Å². The van der Waals surface area contributed by atoms with Crippen molar-refractivity contribution in [2.75, 3.05) is 13.7 Å². The van der Waals surface area contributed by atoms with Gasteiger partial charge in [0.15, 0.2) is 0 Å². The molecule has 2 amide bonds. The summed E-state index contributed by atoms with van der Waals surface area (Å²) in [7, 11) is 1.58. The van der Waals surface area contributed by atoms with Crippen LogP contribution in [0, 0.1) is 10.1 Å². The number of esters is 1. The van der Waals surface area contributed by atoms with Crippen LogP contribution < -0.4 is 10.1 Å². The highest BCUT2D eigenvalue weighted by Crippen LogP contribution is 2.31. The first-order chi connectivity index (χ1) is 17.9. The van der Waals surface area contributed by atoms with Crippen molar-refractivity contribution >= 4 is 17.7 Å². The minimum Gasteiger partial charge on any atom is -0.497 e. The lowest BCUT2D eigenvalue weighted by Crippen LogP contribution is -2.48. The molecule has 0 bridgehead atoms. The predicted molar refractivity (Wildman–Crippen MR) is 137 cm³/mol. The number of benzene rings is 3. The number of carbonyl (C=O) groups excluding carboxylic acids is 2. The zero-order chi connectivity index (χ0) is 26.4. The Balaban J connectivity index is 1.57. The predicted octanol–water partition coefficient (Wildman–Crippen LogP) is 4.93. The molecule has 9 heteroatoms. The van der Waals surface area contributed by atoms with E-state index in [2.05, 4.69) is 5.32 Å². The van der Waals surface area contributed by atoms with E-state index in [1.54, 1.807) is 38.3 Å². The van der Waals surface area contributed by atoms with Gasteiger partial charge in [0, 0.05) is 24.4 Å². The number of nitro benzene ring substituents is 1. The van der Waals surface area contributed by atoms with E-state index in [1.165, 1.54) is 17.0 Å². The molecule has 0 aromatic heterocycles. The number of urea groups is 1. The molecular weight excluding hydrogens is 474 g/mol. The Kier molecular flexibility index (Phi) is 7.83.